The summed E-state index contributed by atoms with van der Waals surface area (Å²) >= 11 is 0. The van der Waals surface area contributed by atoms with Gasteiger partial charge in [-0.2, -0.15) is 0 Å². The average molecular weight is 324 g/mol. The quantitative estimate of drug-likeness (QED) is 0.515. The van der Waals surface area contributed by atoms with E-state index in [-0.39, 0.29) is 5.97 Å². The molecule has 0 aromatic heterocycles. The molecule has 126 valence electrons. The Labute approximate surface area is 143 Å². The van der Waals surface area contributed by atoms with Crippen LogP contribution in [0.2, 0.25) is 0 Å². The number of esters is 1. The van der Waals surface area contributed by atoms with E-state index in [1.165, 1.54) is 0 Å². The average Bonchev–Trinajstić information content (AvgIpc) is 2.63. The van der Waals surface area contributed by atoms with Crippen molar-refractivity contribution in [2.45, 2.75) is 39.1 Å². The molecule has 2 atom stereocenters. The lowest BCUT2D eigenvalue weighted by molar-refractivity contribution is -0.162. The van der Waals surface area contributed by atoms with Crippen molar-refractivity contribution in [1.29, 1.82) is 0 Å². The molecule has 0 saturated heterocycles. The number of carbonyl (C=O) groups excluding carboxylic acids is 1. The van der Waals surface area contributed by atoms with E-state index in [1.54, 1.807) is 0 Å². The fraction of sp³-hybridized carbons (Fsp3) is 0.286. The zero-order valence-electron chi connectivity index (χ0n) is 14.2. The molecule has 0 aliphatic heterocycles. The first-order valence-electron chi connectivity index (χ1n) is 8.28. The third-order valence-electron chi connectivity index (χ3n) is 3.67. The fourth-order valence-corrected chi connectivity index (χ4v) is 2.36. The Morgan fingerprint density at radius 3 is 2.25 bits per heavy atom. The van der Waals surface area contributed by atoms with Crippen LogP contribution in [0.4, 0.5) is 0 Å². The monoisotopic (exact) mass is 324 g/mol. The number of hydrogen-bond donors (Lipinski definition) is 0. The van der Waals surface area contributed by atoms with Crippen molar-refractivity contribution < 1.29 is 14.3 Å². The van der Waals surface area contributed by atoms with Crippen molar-refractivity contribution in [3.05, 3.63) is 83.9 Å². The van der Waals surface area contributed by atoms with Crippen LogP contribution in [0.3, 0.4) is 0 Å². The molecule has 0 fully saturated rings. The SMILES string of the molecule is C/C=C/C(OC(=O)C(CC)OCc1ccccc1)c1ccccc1. The molecule has 2 aromatic carbocycles. The second kappa shape index (κ2) is 9.68. The maximum atomic E-state index is 12.5. The molecule has 2 rings (SSSR count). The largest absolute Gasteiger partial charge is 0.451 e. The van der Waals surface area contributed by atoms with Crippen LogP contribution in [0.25, 0.3) is 0 Å². The zero-order valence-corrected chi connectivity index (χ0v) is 14.2. The maximum Gasteiger partial charge on any atom is 0.336 e. The summed E-state index contributed by atoms with van der Waals surface area (Å²) in [6.45, 7) is 4.23. The normalized spacial score (nSPS) is 13.6. The Bertz CT molecular complexity index is 635. The molecule has 2 unspecified atom stereocenters. The summed E-state index contributed by atoms with van der Waals surface area (Å²) in [5, 5.41) is 0. The number of rotatable bonds is 8. The summed E-state index contributed by atoms with van der Waals surface area (Å²) in [5.74, 6) is -0.333. The lowest BCUT2D eigenvalue weighted by atomic mass is 10.1. The molecular weight excluding hydrogens is 300 g/mol. The molecule has 0 amide bonds. The van der Waals surface area contributed by atoms with E-state index in [2.05, 4.69) is 0 Å². The van der Waals surface area contributed by atoms with Gasteiger partial charge in [0.15, 0.2) is 6.10 Å². The summed E-state index contributed by atoms with van der Waals surface area (Å²) < 4.78 is 11.4. The number of carbonyl (C=O) groups is 1. The maximum absolute atomic E-state index is 12.5. The van der Waals surface area contributed by atoms with Crippen molar-refractivity contribution in [1.82, 2.24) is 0 Å². The second-order valence-corrected chi connectivity index (χ2v) is 5.49. The van der Waals surface area contributed by atoms with E-state index in [1.807, 2.05) is 86.7 Å². The van der Waals surface area contributed by atoms with E-state index in [0.717, 1.165) is 11.1 Å². The summed E-state index contributed by atoms with van der Waals surface area (Å²) in [7, 11) is 0. The minimum atomic E-state index is -0.568. The molecule has 3 heteroatoms. The summed E-state index contributed by atoms with van der Waals surface area (Å²) in [6, 6.07) is 19.5. The van der Waals surface area contributed by atoms with E-state index in [9.17, 15) is 4.79 Å². The Morgan fingerprint density at radius 1 is 1.04 bits per heavy atom. The lowest BCUT2D eigenvalue weighted by Crippen LogP contribution is -2.27. The minimum Gasteiger partial charge on any atom is -0.451 e. The molecule has 0 aliphatic carbocycles. The highest BCUT2D eigenvalue weighted by Gasteiger charge is 2.22. The predicted octanol–water partition coefficient (Wildman–Crippen LogP) is 4.84. The highest BCUT2D eigenvalue weighted by molar-refractivity contribution is 5.75. The first-order valence-corrected chi connectivity index (χ1v) is 8.28. The van der Waals surface area contributed by atoms with Gasteiger partial charge in [-0.05, 0) is 30.5 Å². The Balaban J connectivity index is 1.99. The first-order chi connectivity index (χ1) is 11.7. The Kier molecular flexibility index (Phi) is 7.24. The number of benzene rings is 2. The summed E-state index contributed by atoms with van der Waals surface area (Å²) in [4.78, 5) is 12.5. The van der Waals surface area contributed by atoms with Gasteiger partial charge in [0.05, 0.1) is 6.61 Å². The van der Waals surface area contributed by atoms with E-state index >= 15 is 0 Å². The van der Waals surface area contributed by atoms with Crippen LogP contribution in [0, 0.1) is 0 Å². The van der Waals surface area contributed by atoms with Gasteiger partial charge in [0.25, 0.3) is 0 Å². The predicted molar refractivity (Wildman–Crippen MR) is 95.4 cm³/mol. The third-order valence-corrected chi connectivity index (χ3v) is 3.67. The highest BCUT2D eigenvalue weighted by Crippen LogP contribution is 2.20. The molecular formula is C21H24O3. The molecule has 0 spiro atoms. The van der Waals surface area contributed by atoms with E-state index < -0.39 is 12.2 Å². The lowest BCUT2D eigenvalue weighted by Gasteiger charge is -2.20. The molecule has 0 N–H and O–H groups in total. The van der Waals surface area contributed by atoms with Gasteiger partial charge in [0, 0.05) is 0 Å². The van der Waals surface area contributed by atoms with Gasteiger partial charge in [-0.3, -0.25) is 0 Å². The Morgan fingerprint density at radius 2 is 1.67 bits per heavy atom. The van der Waals surface area contributed by atoms with Gasteiger partial charge in [0.1, 0.15) is 6.10 Å². The topological polar surface area (TPSA) is 35.5 Å². The van der Waals surface area contributed by atoms with E-state index in [4.69, 9.17) is 9.47 Å². The standard InChI is InChI=1S/C21H24O3/c1-3-11-20(18-14-9-6-10-15-18)24-21(22)19(4-2)23-16-17-12-7-5-8-13-17/h3,5-15,19-20H,4,16H2,1-2H3/b11-3+. The highest BCUT2D eigenvalue weighted by atomic mass is 16.6. The smallest absolute Gasteiger partial charge is 0.336 e. The van der Waals surface area contributed by atoms with Crippen LogP contribution < -0.4 is 0 Å². The first kappa shape index (κ1) is 18.0. The van der Waals surface area contributed by atoms with Crippen LogP contribution in [0.15, 0.2) is 72.8 Å². The van der Waals surface area contributed by atoms with Crippen molar-refractivity contribution in [3.63, 3.8) is 0 Å². The van der Waals surface area contributed by atoms with Crippen molar-refractivity contribution >= 4 is 5.97 Å². The number of ether oxygens (including phenoxy) is 2. The Hall–Kier alpha value is -2.39. The molecule has 0 saturated carbocycles. The fourth-order valence-electron chi connectivity index (χ4n) is 2.36. The van der Waals surface area contributed by atoms with Crippen LogP contribution in [0.5, 0.6) is 0 Å². The van der Waals surface area contributed by atoms with Crippen LogP contribution in [0.1, 0.15) is 37.5 Å². The summed E-state index contributed by atoms with van der Waals surface area (Å²) in [5.41, 5.74) is 1.98. The molecule has 3 nitrogen and oxygen atoms in total. The van der Waals surface area contributed by atoms with Crippen LogP contribution >= 0.6 is 0 Å². The van der Waals surface area contributed by atoms with Crippen LogP contribution in [-0.4, -0.2) is 12.1 Å². The third kappa shape index (κ3) is 5.36. The number of hydrogen-bond acceptors (Lipinski definition) is 3. The molecule has 24 heavy (non-hydrogen) atoms. The van der Waals surface area contributed by atoms with Crippen molar-refractivity contribution in [2.75, 3.05) is 0 Å². The van der Waals surface area contributed by atoms with Gasteiger partial charge < -0.3 is 9.47 Å². The van der Waals surface area contributed by atoms with Gasteiger partial charge >= 0.3 is 5.97 Å². The molecule has 2 aromatic rings. The van der Waals surface area contributed by atoms with E-state index in [0.29, 0.717) is 13.0 Å². The summed E-state index contributed by atoms with van der Waals surface area (Å²) in [6.07, 6.45) is 3.37. The molecule has 0 heterocycles. The molecule has 0 aliphatic rings. The van der Waals surface area contributed by atoms with Gasteiger partial charge in [-0.1, -0.05) is 73.7 Å². The molecule has 0 radical (unpaired) electrons. The number of allylic oxidation sites excluding steroid dienone is 1. The van der Waals surface area contributed by atoms with Gasteiger partial charge in [-0.15, -0.1) is 0 Å². The second-order valence-electron chi connectivity index (χ2n) is 5.49. The minimum absolute atomic E-state index is 0.333. The van der Waals surface area contributed by atoms with Crippen LogP contribution in [-0.2, 0) is 20.9 Å². The van der Waals surface area contributed by atoms with Gasteiger partial charge in [-0.25, -0.2) is 4.79 Å². The van der Waals surface area contributed by atoms with Crippen molar-refractivity contribution in [2.24, 2.45) is 0 Å². The van der Waals surface area contributed by atoms with Crippen molar-refractivity contribution in [3.8, 4) is 0 Å². The zero-order chi connectivity index (χ0) is 17.2. The molecule has 0 bridgehead atoms. The van der Waals surface area contributed by atoms with Gasteiger partial charge in [0.2, 0.25) is 0 Å².